The number of amides is 2. The van der Waals surface area contributed by atoms with Crippen molar-refractivity contribution >= 4 is 23.5 Å². The van der Waals surface area contributed by atoms with Crippen LogP contribution >= 0.6 is 0 Å². The minimum Gasteiger partial charge on any atom is -0.454 e. The third-order valence-electron chi connectivity index (χ3n) is 4.55. The highest BCUT2D eigenvalue weighted by Gasteiger charge is 2.29. The zero-order valence-electron chi connectivity index (χ0n) is 17.0. The highest BCUT2D eigenvalue weighted by molar-refractivity contribution is 5.98. The molecular weight excluding hydrogens is 388 g/mol. The Morgan fingerprint density at radius 3 is 2.37 bits per heavy atom. The average molecular weight is 412 g/mol. The first-order valence-electron chi connectivity index (χ1n) is 9.62. The van der Waals surface area contributed by atoms with Crippen LogP contribution in [0.15, 0.2) is 48.5 Å². The van der Waals surface area contributed by atoms with E-state index < -0.39 is 24.0 Å². The summed E-state index contributed by atoms with van der Waals surface area (Å²) in [6.45, 7) is 5.17. The predicted molar refractivity (Wildman–Crippen MR) is 109 cm³/mol. The van der Waals surface area contributed by atoms with Crippen LogP contribution in [0.5, 0.6) is 11.5 Å². The number of nitrogens with one attached hydrogen (secondary N) is 2. The largest absolute Gasteiger partial charge is 0.454 e. The first-order valence-corrected chi connectivity index (χ1v) is 9.62. The zero-order valence-corrected chi connectivity index (χ0v) is 17.0. The van der Waals surface area contributed by atoms with Crippen molar-refractivity contribution in [1.29, 1.82) is 0 Å². The third kappa shape index (κ3) is 5.08. The number of benzene rings is 2. The predicted octanol–water partition coefficient (Wildman–Crippen LogP) is 2.74. The molecule has 2 N–H and O–H groups in total. The fraction of sp³-hybridized carbons (Fsp3) is 0.318. The molecule has 3 rings (SSSR count). The maximum Gasteiger partial charge on any atom is 0.329 e. The second-order valence-electron chi connectivity index (χ2n) is 7.20. The summed E-state index contributed by atoms with van der Waals surface area (Å²) in [6.07, 6.45) is -1.06. The number of fused-ring (bicyclic) bond motifs is 1. The van der Waals surface area contributed by atoms with E-state index in [0.717, 1.165) is 0 Å². The summed E-state index contributed by atoms with van der Waals surface area (Å²) in [5.41, 5.74) is 0.925. The van der Waals surface area contributed by atoms with Crippen LogP contribution in [0.3, 0.4) is 0 Å². The molecule has 2 aromatic carbocycles. The van der Waals surface area contributed by atoms with Crippen molar-refractivity contribution in [1.82, 2.24) is 5.32 Å². The van der Waals surface area contributed by atoms with Crippen molar-refractivity contribution in [3.63, 3.8) is 0 Å². The first-order chi connectivity index (χ1) is 14.3. The maximum absolute atomic E-state index is 12.6. The van der Waals surface area contributed by atoms with Gasteiger partial charge < -0.3 is 24.8 Å². The fourth-order valence-corrected chi connectivity index (χ4v) is 2.83. The molecule has 0 aliphatic carbocycles. The number of carbonyl (C=O) groups is 3. The highest BCUT2D eigenvalue weighted by atomic mass is 16.7. The van der Waals surface area contributed by atoms with Gasteiger partial charge in [0.1, 0.15) is 6.04 Å². The summed E-state index contributed by atoms with van der Waals surface area (Å²) in [7, 11) is 0. The number of esters is 1. The molecule has 0 bridgehead atoms. The van der Waals surface area contributed by atoms with Gasteiger partial charge in [0, 0.05) is 17.3 Å². The van der Waals surface area contributed by atoms with Gasteiger partial charge in [-0.05, 0) is 37.1 Å². The standard InChI is InChI=1S/C22H24N2O6/c1-13(2)19(24-21(26)15-7-5-4-6-8-15)22(27)30-14(3)20(25)23-16-9-10-17-18(11-16)29-12-28-17/h4-11,13-14,19H,12H2,1-3H3,(H,23,25)(H,24,26). The molecule has 0 radical (unpaired) electrons. The van der Waals surface area contributed by atoms with Crippen molar-refractivity contribution in [2.75, 3.05) is 12.1 Å². The van der Waals surface area contributed by atoms with E-state index in [2.05, 4.69) is 10.6 Å². The van der Waals surface area contributed by atoms with Gasteiger partial charge in [-0.2, -0.15) is 0 Å². The average Bonchev–Trinajstić information content (AvgIpc) is 3.19. The Kier molecular flexibility index (Phi) is 6.56. The van der Waals surface area contributed by atoms with Gasteiger partial charge >= 0.3 is 5.97 Å². The third-order valence-corrected chi connectivity index (χ3v) is 4.55. The van der Waals surface area contributed by atoms with Crippen molar-refractivity contribution in [2.45, 2.75) is 32.9 Å². The van der Waals surface area contributed by atoms with Gasteiger partial charge in [-0.25, -0.2) is 4.79 Å². The zero-order chi connectivity index (χ0) is 21.7. The van der Waals surface area contributed by atoms with E-state index >= 15 is 0 Å². The molecule has 0 saturated heterocycles. The van der Waals surface area contributed by atoms with Crippen LogP contribution in [0.4, 0.5) is 5.69 Å². The summed E-state index contributed by atoms with van der Waals surface area (Å²) in [5.74, 6) is -0.665. The quantitative estimate of drug-likeness (QED) is 0.678. The van der Waals surface area contributed by atoms with Crippen LogP contribution in [0, 0.1) is 5.92 Å². The molecular formula is C22H24N2O6. The molecule has 2 unspecified atom stereocenters. The summed E-state index contributed by atoms with van der Waals surface area (Å²) in [5, 5.41) is 5.35. The van der Waals surface area contributed by atoms with Gasteiger partial charge in [-0.1, -0.05) is 32.0 Å². The Labute approximate surface area is 174 Å². The van der Waals surface area contributed by atoms with Gasteiger partial charge in [0.25, 0.3) is 11.8 Å². The number of carbonyl (C=O) groups excluding carboxylic acids is 3. The Hall–Kier alpha value is -3.55. The number of hydrogen-bond donors (Lipinski definition) is 2. The Morgan fingerprint density at radius 2 is 1.67 bits per heavy atom. The highest BCUT2D eigenvalue weighted by Crippen LogP contribution is 2.34. The van der Waals surface area contributed by atoms with Crippen LogP contribution in [0.1, 0.15) is 31.1 Å². The smallest absolute Gasteiger partial charge is 0.329 e. The van der Waals surface area contributed by atoms with Crippen LogP contribution < -0.4 is 20.1 Å². The molecule has 1 aliphatic rings. The van der Waals surface area contributed by atoms with E-state index in [1.165, 1.54) is 6.92 Å². The first kappa shape index (κ1) is 21.2. The van der Waals surface area contributed by atoms with E-state index in [-0.39, 0.29) is 18.6 Å². The van der Waals surface area contributed by atoms with Gasteiger partial charge in [0.15, 0.2) is 17.6 Å². The molecule has 0 spiro atoms. The molecule has 1 heterocycles. The summed E-state index contributed by atoms with van der Waals surface area (Å²) in [4.78, 5) is 37.5. The van der Waals surface area contributed by atoms with Crippen LogP contribution in [-0.2, 0) is 14.3 Å². The monoisotopic (exact) mass is 412 g/mol. The molecule has 8 nitrogen and oxygen atoms in total. The number of rotatable bonds is 7. The number of anilines is 1. The van der Waals surface area contributed by atoms with Crippen LogP contribution in [-0.4, -0.2) is 36.7 Å². The molecule has 2 amide bonds. The molecule has 8 heteroatoms. The van der Waals surface area contributed by atoms with Crippen molar-refractivity contribution in [2.24, 2.45) is 5.92 Å². The van der Waals surface area contributed by atoms with E-state index in [4.69, 9.17) is 14.2 Å². The van der Waals surface area contributed by atoms with Crippen molar-refractivity contribution < 1.29 is 28.6 Å². The fourth-order valence-electron chi connectivity index (χ4n) is 2.83. The second-order valence-corrected chi connectivity index (χ2v) is 7.20. The molecule has 0 aromatic heterocycles. The SMILES string of the molecule is CC(OC(=O)C(NC(=O)c1ccccc1)C(C)C)C(=O)Nc1ccc2c(c1)OCO2. The van der Waals surface area contributed by atoms with E-state index in [1.54, 1.807) is 62.4 Å². The lowest BCUT2D eigenvalue weighted by molar-refractivity contribution is -0.156. The Bertz CT molecular complexity index is 928. The van der Waals surface area contributed by atoms with E-state index in [1.807, 2.05) is 0 Å². The van der Waals surface area contributed by atoms with Crippen LogP contribution in [0.25, 0.3) is 0 Å². The lowest BCUT2D eigenvalue weighted by atomic mass is 10.0. The van der Waals surface area contributed by atoms with Gasteiger partial charge in [-0.3, -0.25) is 9.59 Å². The molecule has 2 atom stereocenters. The normalized spacial score (nSPS) is 14.0. The minimum absolute atomic E-state index is 0.131. The number of hydrogen-bond acceptors (Lipinski definition) is 6. The summed E-state index contributed by atoms with van der Waals surface area (Å²) >= 11 is 0. The molecule has 1 aliphatic heterocycles. The molecule has 30 heavy (non-hydrogen) atoms. The Morgan fingerprint density at radius 1 is 0.967 bits per heavy atom. The lowest BCUT2D eigenvalue weighted by Crippen LogP contribution is -2.47. The van der Waals surface area contributed by atoms with Crippen molar-refractivity contribution in [3.8, 4) is 11.5 Å². The van der Waals surface area contributed by atoms with E-state index in [9.17, 15) is 14.4 Å². The van der Waals surface area contributed by atoms with E-state index in [0.29, 0.717) is 22.7 Å². The topological polar surface area (TPSA) is 103 Å². The second kappa shape index (κ2) is 9.30. The van der Waals surface area contributed by atoms with Gasteiger partial charge in [0.05, 0.1) is 0 Å². The minimum atomic E-state index is -1.06. The van der Waals surface area contributed by atoms with Crippen LogP contribution in [0.2, 0.25) is 0 Å². The summed E-state index contributed by atoms with van der Waals surface area (Å²) < 4.78 is 15.8. The van der Waals surface area contributed by atoms with Gasteiger partial charge in [0.2, 0.25) is 6.79 Å². The number of ether oxygens (including phenoxy) is 3. The summed E-state index contributed by atoms with van der Waals surface area (Å²) in [6, 6.07) is 12.7. The lowest BCUT2D eigenvalue weighted by Gasteiger charge is -2.23. The Balaban J connectivity index is 1.59. The van der Waals surface area contributed by atoms with Gasteiger partial charge in [-0.15, -0.1) is 0 Å². The van der Waals surface area contributed by atoms with Crippen molar-refractivity contribution in [3.05, 3.63) is 54.1 Å². The molecule has 0 fully saturated rings. The molecule has 0 saturated carbocycles. The molecule has 2 aromatic rings. The molecule has 158 valence electrons. The maximum atomic E-state index is 12.6.